The Bertz CT molecular complexity index is 365. The van der Waals surface area contributed by atoms with E-state index in [2.05, 4.69) is 29.1 Å². The predicted molar refractivity (Wildman–Crippen MR) is 67.1 cm³/mol. The Kier molecular flexibility index (Phi) is 4.07. The SMILES string of the molecule is COCCNCc1c(C)nc(C2CC2)nc1C. The molecule has 4 nitrogen and oxygen atoms in total. The standard InChI is InChI=1S/C13H21N3O/c1-9-12(8-14-6-7-17-3)10(2)16-13(15-9)11-4-5-11/h11,14H,4-8H2,1-3H3. The van der Waals surface area contributed by atoms with Gasteiger partial charge in [0.15, 0.2) is 0 Å². The zero-order chi connectivity index (χ0) is 12.3. The Labute approximate surface area is 103 Å². The van der Waals surface area contributed by atoms with E-state index < -0.39 is 0 Å². The zero-order valence-electron chi connectivity index (χ0n) is 10.9. The normalized spacial score (nSPS) is 15.2. The summed E-state index contributed by atoms with van der Waals surface area (Å²) < 4.78 is 5.01. The van der Waals surface area contributed by atoms with Crippen molar-refractivity contribution in [3.63, 3.8) is 0 Å². The number of hydrogen-bond acceptors (Lipinski definition) is 4. The number of aryl methyl sites for hydroxylation is 2. The van der Waals surface area contributed by atoms with Crippen LogP contribution in [0.25, 0.3) is 0 Å². The topological polar surface area (TPSA) is 47.0 Å². The first-order valence-electron chi connectivity index (χ1n) is 6.26. The summed E-state index contributed by atoms with van der Waals surface area (Å²) in [5.74, 6) is 1.67. The largest absolute Gasteiger partial charge is 0.383 e. The number of nitrogens with zero attached hydrogens (tertiary/aromatic N) is 2. The minimum absolute atomic E-state index is 0.628. The van der Waals surface area contributed by atoms with Crippen molar-refractivity contribution in [2.24, 2.45) is 0 Å². The lowest BCUT2D eigenvalue weighted by atomic mass is 10.1. The summed E-state index contributed by atoms with van der Waals surface area (Å²) >= 11 is 0. The average molecular weight is 235 g/mol. The van der Waals surface area contributed by atoms with Gasteiger partial charge >= 0.3 is 0 Å². The lowest BCUT2D eigenvalue weighted by molar-refractivity contribution is 0.199. The lowest BCUT2D eigenvalue weighted by Crippen LogP contribution is -2.20. The molecule has 0 saturated heterocycles. The van der Waals surface area contributed by atoms with E-state index in [1.165, 1.54) is 18.4 Å². The first-order valence-corrected chi connectivity index (χ1v) is 6.26. The fourth-order valence-electron chi connectivity index (χ4n) is 1.93. The van der Waals surface area contributed by atoms with E-state index in [4.69, 9.17) is 4.74 Å². The molecule has 0 aromatic carbocycles. The van der Waals surface area contributed by atoms with Crippen LogP contribution < -0.4 is 5.32 Å². The highest BCUT2D eigenvalue weighted by Gasteiger charge is 2.27. The number of hydrogen-bond donors (Lipinski definition) is 1. The summed E-state index contributed by atoms with van der Waals surface area (Å²) in [5, 5.41) is 3.34. The third-order valence-electron chi connectivity index (χ3n) is 3.17. The minimum atomic E-state index is 0.628. The van der Waals surface area contributed by atoms with Gasteiger partial charge in [-0.15, -0.1) is 0 Å². The van der Waals surface area contributed by atoms with Crippen LogP contribution in [0, 0.1) is 13.8 Å². The Morgan fingerprint density at radius 1 is 1.24 bits per heavy atom. The molecule has 1 saturated carbocycles. The van der Waals surface area contributed by atoms with Crippen LogP contribution in [0.5, 0.6) is 0 Å². The number of aromatic nitrogens is 2. The first kappa shape index (κ1) is 12.5. The molecule has 0 atom stereocenters. The van der Waals surface area contributed by atoms with E-state index >= 15 is 0 Å². The van der Waals surface area contributed by atoms with Crippen molar-refractivity contribution >= 4 is 0 Å². The van der Waals surface area contributed by atoms with Crippen molar-refractivity contribution in [3.05, 3.63) is 22.8 Å². The second kappa shape index (κ2) is 5.56. The van der Waals surface area contributed by atoms with E-state index in [0.717, 1.165) is 36.9 Å². The van der Waals surface area contributed by atoms with Gasteiger partial charge < -0.3 is 10.1 Å². The zero-order valence-corrected chi connectivity index (χ0v) is 10.9. The van der Waals surface area contributed by atoms with Gasteiger partial charge in [0.2, 0.25) is 0 Å². The number of ether oxygens (including phenoxy) is 1. The summed E-state index contributed by atoms with van der Waals surface area (Å²) in [7, 11) is 1.71. The molecule has 1 aliphatic carbocycles. The summed E-state index contributed by atoms with van der Waals surface area (Å²) in [6.07, 6.45) is 2.51. The van der Waals surface area contributed by atoms with Gasteiger partial charge in [0.05, 0.1) is 6.61 Å². The van der Waals surface area contributed by atoms with Crippen LogP contribution in [0.3, 0.4) is 0 Å². The second-order valence-electron chi connectivity index (χ2n) is 4.68. The summed E-state index contributed by atoms with van der Waals surface area (Å²) in [4.78, 5) is 9.23. The van der Waals surface area contributed by atoms with Gasteiger partial charge in [0.1, 0.15) is 5.82 Å². The van der Waals surface area contributed by atoms with E-state index in [-0.39, 0.29) is 0 Å². The highest BCUT2D eigenvalue weighted by Crippen LogP contribution is 2.38. The van der Waals surface area contributed by atoms with Crippen LogP contribution in [0.4, 0.5) is 0 Å². The average Bonchev–Trinajstić information content (AvgIpc) is 3.10. The molecule has 0 bridgehead atoms. The van der Waals surface area contributed by atoms with Crippen LogP contribution >= 0.6 is 0 Å². The molecule has 4 heteroatoms. The Hall–Kier alpha value is -1.00. The summed E-state index contributed by atoms with van der Waals surface area (Å²) in [6.45, 7) is 6.58. The van der Waals surface area contributed by atoms with E-state index in [9.17, 15) is 0 Å². The van der Waals surface area contributed by atoms with Gasteiger partial charge in [-0.1, -0.05) is 0 Å². The molecule has 2 rings (SSSR count). The Morgan fingerprint density at radius 3 is 2.41 bits per heavy atom. The van der Waals surface area contributed by atoms with Gasteiger partial charge in [-0.25, -0.2) is 9.97 Å². The number of methoxy groups -OCH3 is 1. The fourth-order valence-corrected chi connectivity index (χ4v) is 1.93. The molecule has 1 fully saturated rings. The van der Waals surface area contributed by atoms with Crippen molar-refractivity contribution < 1.29 is 4.74 Å². The number of nitrogens with one attached hydrogen (secondary N) is 1. The third-order valence-corrected chi connectivity index (χ3v) is 3.17. The van der Waals surface area contributed by atoms with Gasteiger partial charge in [-0.05, 0) is 26.7 Å². The lowest BCUT2D eigenvalue weighted by Gasteiger charge is -2.11. The van der Waals surface area contributed by atoms with Crippen LogP contribution in [0.2, 0.25) is 0 Å². The van der Waals surface area contributed by atoms with Crippen molar-refractivity contribution in [3.8, 4) is 0 Å². The molecule has 0 spiro atoms. The third kappa shape index (κ3) is 3.23. The summed E-state index contributed by atoms with van der Waals surface area (Å²) in [5.41, 5.74) is 3.46. The fraction of sp³-hybridized carbons (Fsp3) is 0.692. The van der Waals surface area contributed by atoms with Crippen molar-refractivity contribution in [2.75, 3.05) is 20.3 Å². The molecule has 1 N–H and O–H groups in total. The molecule has 1 heterocycles. The molecule has 1 aromatic rings. The quantitative estimate of drug-likeness (QED) is 0.762. The highest BCUT2D eigenvalue weighted by atomic mass is 16.5. The number of rotatable bonds is 6. The predicted octanol–water partition coefficient (Wildman–Crippen LogP) is 1.71. The van der Waals surface area contributed by atoms with Crippen LogP contribution in [0.15, 0.2) is 0 Å². The van der Waals surface area contributed by atoms with Crippen LogP contribution in [-0.4, -0.2) is 30.2 Å². The van der Waals surface area contributed by atoms with E-state index in [0.29, 0.717) is 5.92 Å². The maximum Gasteiger partial charge on any atom is 0.131 e. The monoisotopic (exact) mass is 235 g/mol. The molecular formula is C13H21N3O. The van der Waals surface area contributed by atoms with Gasteiger partial charge in [-0.3, -0.25) is 0 Å². The van der Waals surface area contributed by atoms with E-state index in [1.807, 2.05) is 0 Å². The van der Waals surface area contributed by atoms with Gasteiger partial charge in [0.25, 0.3) is 0 Å². The molecule has 1 aromatic heterocycles. The molecule has 0 radical (unpaired) electrons. The van der Waals surface area contributed by atoms with Crippen molar-refractivity contribution in [1.29, 1.82) is 0 Å². The maximum absolute atomic E-state index is 5.01. The molecule has 1 aliphatic rings. The van der Waals surface area contributed by atoms with Gasteiger partial charge in [-0.2, -0.15) is 0 Å². The molecule has 0 unspecified atom stereocenters. The second-order valence-corrected chi connectivity index (χ2v) is 4.68. The molecule has 17 heavy (non-hydrogen) atoms. The van der Waals surface area contributed by atoms with Gasteiger partial charge in [0, 0.05) is 43.1 Å². The highest BCUT2D eigenvalue weighted by molar-refractivity contribution is 5.25. The molecular weight excluding hydrogens is 214 g/mol. The Morgan fingerprint density at radius 2 is 1.88 bits per heavy atom. The molecule has 94 valence electrons. The molecule has 0 amide bonds. The summed E-state index contributed by atoms with van der Waals surface area (Å²) in [6, 6.07) is 0. The van der Waals surface area contributed by atoms with Crippen LogP contribution in [0.1, 0.15) is 41.5 Å². The van der Waals surface area contributed by atoms with Crippen LogP contribution in [-0.2, 0) is 11.3 Å². The first-order chi connectivity index (χ1) is 8.22. The van der Waals surface area contributed by atoms with Crippen molar-refractivity contribution in [2.45, 2.75) is 39.2 Å². The van der Waals surface area contributed by atoms with E-state index in [1.54, 1.807) is 7.11 Å². The molecule has 0 aliphatic heterocycles. The maximum atomic E-state index is 5.01. The smallest absolute Gasteiger partial charge is 0.131 e. The Balaban J connectivity index is 2.00. The van der Waals surface area contributed by atoms with Crippen molar-refractivity contribution in [1.82, 2.24) is 15.3 Å². The minimum Gasteiger partial charge on any atom is -0.383 e.